The fraction of sp³-hybridized carbons (Fsp3) is 1.00. The number of hydrogen-bond donors (Lipinski definition) is 1. The third-order valence-electron chi connectivity index (χ3n) is 3.00. The molecule has 2 nitrogen and oxygen atoms in total. The first-order valence-electron chi connectivity index (χ1n) is 6.66. The number of nitrogens with zero attached hydrogens (tertiary/aromatic N) is 1. The molecule has 0 radical (unpaired) electrons. The SMILES string of the molecule is CCCCCCCN(CC)CC(C)CN. The van der Waals surface area contributed by atoms with Gasteiger partial charge in [-0.05, 0) is 32.0 Å². The third kappa shape index (κ3) is 8.88. The summed E-state index contributed by atoms with van der Waals surface area (Å²) < 4.78 is 0. The van der Waals surface area contributed by atoms with Gasteiger partial charge in [0.2, 0.25) is 0 Å². The molecule has 1 atom stereocenters. The Hall–Kier alpha value is -0.0800. The summed E-state index contributed by atoms with van der Waals surface area (Å²) in [6.45, 7) is 11.1. The Labute approximate surface area is 96.2 Å². The molecule has 0 aliphatic heterocycles. The van der Waals surface area contributed by atoms with E-state index in [9.17, 15) is 0 Å². The highest BCUT2D eigenvalue weighted by Crippen LogP contribution is 2.05. The summed E-state index contributed by atoms with van der Waals surface area (Å²) in [6, 6.07) is 0. The Morgan fingerprint density at radius 3 is 2.27 bits per heavy atom. The highest BCUT2D eigenvalue weighted by Gasteiger charge is 2.06. The van der Waals surface area contributed by atoms with Gasteiger partial charge < -0.3 is 10.6 Å². The molecule has 0 spiro atoms. The molecule has 0 aromatic rings. The summed E-state index contributed by atoms with van der Waals surface area (Å²) in [5.74, 6) is 0.639. The Morgan fingerprint density at radius 1 is 1.07 bits per heavy atom. The van der Waals surface area contributed by atoms with Crippen LogP contribution in [-0.4, -0.2) is 31.1 Å². The zero-order valence-electron chi connectivity index (χ0n) is 11.0. The second-order valence-corrected chi connectivity index (χ2v) is 4.65. The second-order valence-electron chi connectivity index (χ2n) is 4.65. The van der Waals surface area contributed by atoms with E-state index in [4.69, 9.17) is 5.73 Å². The molecule has 0 heterocycles. The largest absolute Gasteiger partial charge is 0.330 e. The first-order valence-corrected chi connectivity index (χ1v) is 6.66. The molecule has 0 saturated heterocycles. The number of hydrogen-bond acceptors (Lipinski definition) is 2. The highest BCUT2D eigenvalue weighted by atomic mass is 15.1. The molecular formula is C13H30N2. The molecule has 2 heteroatoms. The van der Waals surface area contributed by atoms with Crippen LogP contribution < -0.4 is 5.73 Å². The van der Waals surface area contributed by atoms with E-state index in [1.807, 2.05) is 0 Å². The minimum absolute atomic E-state index is 0.639. The molecule has 1 unspecified atom stereocenters. The van der Waals surface area contributed by atoms with Crippen LogP contribution >= 0.6 is 0 Å². The summed E-state index contributed by atoms with van der Waals surface area (Å²) in [5, 5.41) is 0. The predicted octanol–water partition coefficient (Wildman–Crippen LogP) is 2.87. The van der Waals surface area contributed by atoms with Crippen molar-refractivity contribution in [1.82, 2.24) is 4.90 Å². The van der Waals surface area contributed by atoms with Gasteiger partial charge in [-0.15, -0.1) is 0 Å². The topological polar surface area (TPSA) is 29.3 Å². The van der Waals surface area contributed by atoms with Gasteiger partial charge in [0.25, 0.3) is 0 Å². The molecule has 2 N–H and O–H groups in total. The maximum absolute atomic E-state index is 5.64. The van der Waals surface area contributed by atoms with Crippen molar-refractivity contribution in [2.75, 3.05) is 26.2 Å². The van der Waals surface area contributed by atoms with Gasteiger partial charge in [0.05, 0.1) is 0 Å². The molecule has 0 rings (SSSR count). The maximum atomic E-state index is 5.64. The van der Waals surface area contributed by atoms with E-state index in [0.29, 0.717) is 5.92 Å². The summed E-state index contributed by atoms with van der Waals surface area (Å²) in [4.78, 5) is 2.53. The Bertz CT molecular complexity index is 126. The average molecular weight is 214 g/mol. The van der Waals surface area contributed by atoms with Crippen LogP contribution in [0.15, 0.2) is 0 Å². The first-order chi connectivity index (χ1) is 7.24. The molecule has 92 valence electrons. The minimum Gasteiger partial charge on any atom is -0.330 e. The van der Waals surface area contributed by atoms with Crippen molar-refractivity contribution in [3.8, 4) is 0 Å². The lowest BCUT2D eigenvalue weighted by atomic mass is 10.1. The molecule has 0 fully saturated rings. The van der Waals surface area contributed by atoms with Crippen molar-refractivity contribution < 1.29 is 0 Å². The van der Waals surface area contributed by atoms with E-state index in [0.717, 1.165) is 13.1 Å². The number of nitrogens with two attached hydrogens (primary N) is 1. The van der Waals surface area contributed by atoms with Crippen LogP contribution in [0, 0.1) is 5.92 Å². The van der Waals surface area contributed by atoms with E-state index in [1.165, 1.54) is 45.2 Å². The molecule has 15 heavy (non-hydrogen) atoms. The zero-order chi connectivity index (χ0) is 11.5. The van der Waals surface area contributed by atoms with Crippen LogP contribution in [0.4, 0.5) is 0 Å². The normalized spacial score (nSPS) is 13.4. The summed E-state index contributed by atoms with van der Waals surface area (Å²) in [5.41, 5.74) is 5.64. The van der Waals surface area contributed by atoms with Crippen LogP contribution in [0.2, 0.25) is 0 Å². The second kappa shape index (κ2) is 10.4. The summed E-state index contributed by atoms with van der Waals surface area (Å²) in [7, 11) is 0. The van der Waals surface area contributed by atoms with Crippen molar-refractivity contribution >= 4 is 0 Å². The van der Waals surface area contributed by atoms with Gasteiger partial charge in [0.15, 0.2) is 0 Å². The molecule has 0 bridgehead atoms. The quantitative estimate of drug-likeness (QED) is 0.567. The smallest absolute Gasteiger partial charge is 0.00189 e. The van der Waals surface area contributed by atoms with Gasteiger partial charge >= 0.3 is 0 Å². The minimum atomic E-state index is 0.639. The molecular weight excluding hydrogens is 184 g/mol. The molecule has 0 aromatic carbocycles. The standard InChI is InChI=1S/C13H30N2/c1-4-6-7-8-9-10-15(5-2)12-13(3)11-14/h13H,4-12,14H2,1-3H3. The van der Waals surface area contributed by atoms with Crippen LogP contribution in [0.25, 0.3) is 0 Å². The maximum Gasteiger partial charge on any atom is 0.00189 e. The van der Waals surface area contributed by atoms with Crippen molar-refractivity contribution in [2.24, 2.45) is 11.7 Å². The van der Waals surface area contributed by atoms with Gasteiger partial charge in [-0.3, -0.25) is 0 Å². The van der Waals surface area contributed by atoms with Crippen LogP contribution in [0.1, 0.15) is 52.9 Å². The van der Waals surface area contributed by atoms with Crippen molar-refractivity contribution in [2.45, 2.75) is 52.9 Å². The number of rotatable bonds is 10. The van der Waals surface area contributed by atoms with E-state index >= 15 is 0 Å². The van der Waals surface area contributed by atoms with Gasteiger partial charge in [0.1, 0.15) is 0 Å². The Kier molecular flexibility index (Phi) is 10.4. The van der Waals surface area contributed by atoms with Crippen molar-refractivity contribution in [1.29, 1.82) is 0 Å². The molecule has 0 aliphatic rings. The lowest BCUT2D eigenvalue weighted by molar-refractivity contribution is 0.246. The summed E-state index contributed by atoms with van der Waals surface area (Å²) in [6.07, 6.45) is 6.88. The number of unbranched alkanes of at least 4 members (excludes halogenated alkanes) is 4. The van der Waals surface area contributed by atoms with E-state index in [2.05, 4.69) is 25.7 Å². The molecule has 0 amide bonds. The van der Waals surface area contributed by atoms with Gasteiger partial charge in [-0.2, -0.15) is 0 Å². The molecule has 0 saturated carbocycles. The van der Waals surface area contributed by atoms with E-state index in [1.54, 1.807) is 0 Å². The van der Waals surface area contributed by atoms with Gasteiger partial charge in [0, 0.05) is 6.54 Å². The van der Waals surface area contributed by atoms with E-state index in [-0.39, 0.29) is 0 Å². The van der Waals surface area contributed by atoms with Crippen LogP contribution in [0.5, 0.6) is 0 Å². The Balaban J connectivity index is 3.44. The van der Waals surface area contributed by atoms with Gasteiger partial charge in [-0.1, -0.05) is 46.5 Å². The van der Waals surface area contributed by atoms with Crippen molar-refractivity contribution in [3.63, 3.8) is 0 Å². The molecule has 0 aliphatic carbocycles. The van der Waals surface area contributed by atoms with Crippen LogP contribution in [-0.2, 0) is 0 Å². The van der Waals surface area contributed by atoms with Crippen LogP contribution in [0.3, 0.4) is 0 Å². The predicted molar refractivity (Wildman–Crippen MR) is 69.1 cm³/mol. The highest BCUT2D eigenvalue weighted by molar-refractivity contribution is 4.62. The molecule has 0 aromatic heterocycles. The first kappa shape index (κ1) is 14.9. The van der Waals surface area contributed by atoms with Crippen molar-refractivity contribution in [3.05, 3.63) is 0 Å². The monoisotopic (exact) mass is 214 g/mol. The average Bonchev–Trinajstić information content (AvgIpc) is 2.26. The lowest BCUT2D eigenvalue weighted by Crippen LogP contribution is -2.32. The fourth-order valence-corrected chi connectivity index (χ4v) is 1.83. The van der Waals surface area contributed by atoms with E-state index < -0.39 is 0 Å². The lowest BCUT2D eigenvalue weighted by Gasteiger charge is -2.23. The third-order valence-corrected chi connectivity index (χ3v) is 3.00. The zero-order valence-corrected chi connectivity index (χ0v) is 11.0. The fourth-order valence-electron chi connectivity index (χ4n) is 1.83. The summed E-state index contributed by atoms with van der Waals surface area (Å²) >= 11 is 0. The van der Waals surface area contributed by atoms with Gasteiger partial charge in [-0.25, -0.2) is 0 Å². The Morgan fingerprint density at radius 2 is 1.73 bits per heavy atom.